The molecule has 2 aromatic rings. The first-order chi connectivity index (χ1) is 13.5. The second-order valence-corrected chi connectivity index (χ2v) is 9.94. The van der Waals surface area contributed by atoms with Crippen LogP contribution in [0.1, 0.15) is 40.2 Å². The number of likely N-dealkylation sites (N-methyl/N-ethyl adjacent to an activating group) is 1. The van der Waals surface area contributed by atoms with Crippen molar-refractivity contribution in [3.8, 4) is 0 Å². The molecule has 2 rings (SSSR count). The number of hydrogen-bond acceptors (Lipinski definition) is 4. The molecule has 158 valence electrons. The highest BCUT2D eigenvalue weighted by Crippen LogP contribution is 2.27. The molecule has 0 N–H and O–H groups in total. The SMILES string of the molecule is CCN(CC)C(=O)CN(c1ccc(Cl)nc1)S(=O)(=O)c1ccc(C(C)(C)C)cc1. The lowest BCUT2D eigenvalue weighted by Gasteiger charge is -2.27. The monoisotopic (exact) mass is 437 g/mol. The van der Waals surface area contributed by atoms with Gasteiger partial charge in [0.2, 0.25) is 5.91 Å². The van der Waals surface area contributed by atoms with Crippen molar-refractivity contribution in [3.63, 3.8) is 0 Å². The number of sulfonamides is 1. The number of rotatable bonds is 7. The molecule has 0 spiro atoms. The smallest absolute Gasteiger partial charge is 0.264 e. The average Bonchev–Trinajstić information content (AvgIpc) is 2.67. The van der Waals surface area contributed by atoms with Crippen molar-refractivity contribution >= 4 is 33.2 Å². The zero-order valence-electron chi connectivity index (χ0n) is 17.5. The van der Waals surface area contributed by atoms with Gasteiger partial charge >= 0.3 is 0 Å². The molecule has 1 aromatic heterocycles. The van der Waals surface area contributed by atoms with Crippen LogP contribution in [0, 0.1) is 0 Å². The summed E-state index contributed by atoms with van der Waals surface area (Å²) in [6, 6.07) is 9.81. The molecule has 8 heteroatoms. The number of halogens is 1. The number of nitrogens with zero attached hydrogens (tertiary/aromatic N) is 3. The highest BCUT2D eigenvalue weighted by atomic mass is 35.5. The van der Waals surface area contributed by atoms with Gasteiger partial charge in [-0.3, -0.25) is 9.10 Å². The first-order valence-electron chi connectivity index (χ1n) is 9.53. The molecule has 0 saturated heterocycles. The van der Waals surface area contributed by atoms with E-state index in [4.69, 9.17) is 11.6 Å². The summed E-state index contributed by atoms with van der Waals surface area (Å²) < 4.78 is 27.9. The van der Waals surface area contributed by atoms with Crippen LogP contribution in [0.15, 0.2) is 47.5 Å². The molecule has 0 aliphatic carbocycles. The molecule has 0 radical (unpaired) electrons. The van der Waals surface area contributed by atoms with Crippen LogP contribution >= 0.6 is 11.6 Å². The van der Waals surface area contributed by atoms with Gasteiger partial charge in [-0.25, -0.2) is 13.4 Å². The summed E-state index contributed by atoms with van der Waals surface area (Å²) >= 11 is 5.85. The van der Waals surface area contributed by atoms with E-state index in [-0.39, 0.29) is 33.6 Å². The lowest BCUT2D eigenvalue weighted by Crippen LogP contribution is -2.43. The molecule has 0 aliphatic rings. The second-order valence-electron chi connectivity index (χ2n) is 7.69. The number of aromatic nitrogens is 1. The Morgan fingerprint density at radius 3 is 2.07 bits per heavy atom. The molecular weight excluding hydrogens is 410 g/mol. The fraction of sp³-hybridized carbons (Fsp3) is 0.429. The zero-order chi connectivity index (χ0) is 21.8. The topological polar surface area (TPSA) is 70.6 Å². The van der Waals surface area contributed by atoms with Gasteiger partial charge in [0, 0.05) is 13.1 Å². The van der Waals surface area contributed by atoms with E-state index in [2.05, 4.69) is 25.8 Å². The number of hydrogen-bond donors (Lipinski definition) is 0. The minimum absolute atomic E-state index is 0.0964. The van der Waals surface area contributed by atoms with E-state index in [0.29, 0.717) is 13.1 Å². The van der Waals surface area contributed by atoms with Crippen molar-refractivity contribution in [2.45, 2.75) is 44.9 Å². The summed E-state index contributed by atoms with van der Waals surface area (Å²) in [5.41, 5.74) is 1.21. The van der Waals surface area contributed by atoms with Gasteiger partial charge in [-0.15, -0.1) is 0 Å². The van der Waals surface area contributed by atoms with Crippen LogP contribution in [0.25, 0.3) is 0 Å². The number of carbonyl (C=O) groups excluding carboxylic acids is 1. The van der Waals surface area contributed by atoms with Gasteiger partial charge in [-0.2, -0.15) is 0 Å². The van der Waals surface area contributed by atoms with E-state index in [0.717, 1.165) is 9.87 Å². The summed E-state index contributed by atoms with van der Waals surface area (Å²) in [5, 5.41) is 0.246. The zero-order valence-corrected chi connectivity index (χ0v) is 19.1. The van der Waals surface area contributed by atoms with E-state index in [1.54, 1.807) is 35.2 Å². The predicted molar refractivity (Wildman–Crippen MR) is 117 cm³/mol. The number of pyridine rings is 1. The van der Waals surface area contributed by atoms with Gasteiger partial charge in [-0.05, 0) is 49.1 Å². The van der Waals surface area contributed by atoms with Crippen molar-refractivity contribution in [2.75, 3.05) is 23.9 Å². The Hall–Kier alpha value is -2.12. The maximum Gasteiger partial charge on any atom is 0.264 e. The number of carbonyl (C=O) groups is 1. The van der Waals surface area contributed by atoms with E-state index < -0.39 is 10.0 Å². The van der Waals surface area contributed by atoms with Crippen LogP contribution in [-0.4, -0.2) is 43.8 Å². The van der Waals surface area contributed by atoms with Crippen LogP contribution < -0.4 is 4.31 Å². The molecule has 0 unspecified atom stereocenters. The number of anilines is 1. The maximum absolute atomic E-state index is 13.4. The van der Waals surface area contributed by atoms with Gasteiger partial charge in [0.15, 0.2) is 0 Å². The largest absolute Gasteiger partial charge is 0.342 e. The van der Waals surface area contributed by atoms with Crippen LogP contribution in [0.4, 0.5) is 5.69 Å². The second kappa shape index (κ2) is 9.13. The van der Waals surface area contributed by atoms with Gasteiger partial charge in [0.1, 0.15) is 11.7 Å². The standard InChI is InChI=1S/C21H28ClN3O3S/c1-6-24(7-2)20(26)15-25(17-10-13-19(22)23-14-17)29(27,28)18-11-8-16(9-12-18)21(3,4)5/h8-14H,6-7,15H2,1-5H3. The minimum atomic E-state index is -3.97. The third-order valence-electron chi connectivity index (χ3n) is 4.70. The molecule has 0 atom stereocenters. The van der Waals surface area contributed by atoms with Gasteiger partial charge < -0.3 is 4.90 Å². The third kappa shape index (κ3) is 5.48. The molecule has 0 aliphatic heterocycles. The van der Waals surface area contributed by atoms with Crippen molar-refractivity contribution in [1.29, 1.82) is 0 Å². The lowest BCUT2D eigenvalue weighted by molar-refractivity contribution is -0.129. The summed E-state index contributed by atoms with van der Waals surface area (Å²) in [6.07, 6.45) is 1.36. The lowest BCUT2D eigenvalue weighted by atomic mass is 9.87. The third-order valence-corrected chi connectivity index (χ3v) is 6.71. The van der Waals surface area contributed by atoms with Crippen LogP contribution in [-0.2, 0) is 20.2 Å². The summed E-state index contributed by atoms with van der Waals surface area (Å²) in [5.74, 6) is -0.278. The average molecular weight is 438 g/mol. The molecule has 29 heavy (non-hydrogen) atoms. The molecule has 0 bridgehead atoms. The van der Waals surface area contributed by atoms with Gasteiger partial charge in [-0.1, -0.05) is 44.5 Å². The van der Waals surface area contributed by atoms with Gasteiger partial charge in [0.05, 0.1) is 16.8 Å². The predicted octanol–water partition coefficient (Wildman–Crippen LogP) is 4.10. The fourth-order valence-corrected chi connectivity index (χ4v) is 4.40. The first-order valence-corrected chi connectivity index (χ1v) is 11.3. The van der Waals surface area contributed by atoms with E-state index in [1.165, 1.54) is 12.3 Å². The first kappa shape index (κ1) is 23.2. The van der Waals surface area contributed by atoms with E-state index in [1.807, 2.05) is 13.8 Å². The minimum Gasteiger partial charge on any atom is -0.342 e. The van der Waals surface area contributed by atoms with Crippen LogP contribution in [0.3, 0.4) is 0 Å². The maximum atomic E-state index is 13.4. The quantitative estimate of drug-likeness (QED) is 0.611. The fourth-order valence-electron chi connectivity index (χ4n) is 2.88. The summed E-state index contributed by atoms with van der Waals surface area (Å²) in [6.45, 7) is 10.6. The molecule has 1 heterocycles. The summed E-state index contributed by atoms with van der Waals surface area (Å²) in [7, 11) is -3.97. The Morgan fingerprint density at radius 2 is 1.62 bits per heavy atom. The highest BCUT2D eigenvalue weighted by Gasteiger charge is 2.29. The van der Waals surface area contributed by atoms with Crippen molar-refractivity contribution in [2.24, 2.45) is 0 Å². The molecule has 1 amide bonds. The van der Waals surface area contributed by atoms with Crippen LogP contribution in [0.2, 0.25) is 5.15 Å². The molecular formula is C21H28ClN3O3S. The Bertz CT molecular complexity index is 933. The Kier molecular flexibility index (Phi) is 7.30. The molecule has 6 nitrogen and oxygen atoms in total. The van der Waals surface area contributed by atoms with Crippen LogP contribution in [0.5, 0.6) is 0 Å². The molecule has 0 saturated carbocycles. The number of amides is 1. The summed E-state index contributed by atoms with van der Waals surface area (Å²) in [4.78, 5) is 18.4. The van der Waals surface area contributed by atoms with Crippen molar-refractivity contribution < 1.29 is 13.2 Å². The highest BCUT2D eigenvalue weighted by molar-refractivity contribution is 7.92. The molecule has 0 fully saturated rings. The normalized spacial score (nSPS) is 11.9. The van der Waals surface area contributed by atoms with Gasteiger partial charge in [0.25, 0.3) is 10.0 Å². The Labute approximate surface area is 178 Å². The molecule has 1 aromatic carbocycles. The Balaban J connectivity index is 2.48. The van der Waals surface area contributed by atoms with Crippen molar-refractivity contribution in [1.82, 2.24) is 9.88 Å². The number of benzene rings is 1. The Morgan fingerprint density at radius 1 is 1.03 bits per heavy atom. The van der Waals surface area contributed by atoms with E-state index in [9.17, 15) is 13.2 Å². The van der Waals surface area contributed by atoms with Crippen molar-refractivity contribution in [3.05, 3.63) is 53.3 Å². The van der Waals surface area contributed by atoms with E-state index >= 15 is 0 Å².